The van der Waals surface area contributed by atoms with Crippen LogP contribution in [-0.2, 0) is 14.4 Å². The number of amides is 4. The lowest BCUT2D eigenvalue weighted by molar-refractivity contribution is -0.142. The SMILES string of the molecule is CC(C)C(NC(=O)[C@H](NC(=O)c1cnccn1)C(C)C)C(=O)N1C[C@@H]2CCC[C@@H]2C1C(N)=O. The van der Waals surface area contributed by atoms with Gasteiger partial charge in [-0.3, -0.25) is 24.2 Å². The van der Waals surface area contributed by atoms with Crippen LogP contribution in [0.25, 0.3) is 0 Å². The van der Waals surface area contributed by atoms with Crippen molar-refractivity contribution < 1.29 is 19.2 Å². The number of carbonyl (C=O) groups excluding carboxylic acids is 4. The van der Waals surface area contributed by atoms with Crippen LogP contribution in [0.5, 0.6) is 0 Å². The maximum atomic E-state index is 13.5. The standard InChI is InChI=1S/C23H34N6O4/c1-12(2)17(27-21(31)16-10-25-8-9-26-16)22(32)28-18(13(3)4)23(33)29-11-14-6-5-7-15(14)19(29)20(24)30/h8-10,12-15,17-19H,5-7,11H2,1-4H3,(H2,24,30)(H,27,31)(H,28,32)/t14-,15-,17+,18?,19?/m0/s1. The van der Waals surface area contributed by atoms with E-state index >= 15 is 0 Å². The highest BCUT2D eigenvalue weighted by Crippen LogP contribution is 2.42. The summed E-state index contributed by atoms with van der Waals surface area (Å²) >= 11 is 0. The molecule has 1 saturated heterocycles. The summed E-state index contributed by atoms with van der Waals surface area (Å²) in [5.41, 5.74) is 5.78. The molecule has 4 amide bonds. The van der Waals surface area contributed by atoms with Gasteiger partial charge in [-0.1, -0.05) is 34.1 Å². The highest BCUT2D eigenvalue weighted by molar-refractivity contribution is 5.97. The minimum absolute atomic E-state index is 0.0876. The van der Waals surface area contributed by atoms with Crippen LogP contribution in [0.15, 0.2) is 18.6 Å². The predicted octanol–water partition coefficient (Wildman–Crippen LogP) is 0.484. The second-order valence-electron chi connectivity index (χ2n) is 9.71. The quantitative estimate of drug-likeness (QED) is 0.516. The van der Waals surface area contributed by atoms with Crippen LogP contribution in [0.3, 0.4) is 0 Å². The van der Waals surface area contributed by atoms with E-state index in [0.29, 0.717) is 6.54 Å². The molecule has 33 heavy (non-hydrogen) atoms. The summed E-state index contributed by atoms with van der Waals surface area (Å²) in [5.74, 6) is -1.90. The van der Waals surface area contributed by atoms with Crippen molar-refractivity contribution in [3.63, 3.8) is 0 Å². The highest BCUT2D eigenvalue weighted by Gasteiger charge is 2.50. The summed E-state index contributed by atoms with van der Waals surface area (Å²) in [7, 11) is 0. The maximum Gasteiger partial charge on any atom is 0.272 e. The minimum Gasteiger partial charge on any atom is -0.368 e. The van der Waals surface area contributed by atoms with Crippen LogP contribution < -0.4 is 16.4 Å². The lowest BCUT2D eigenvalue weighted by Crippen LogP contribution is -2.59. The average molecular weight is 459 g/mol. The van der Waals surface area contributed by atoms with E-state index < -0.39 is 35.8 Å². The molecule has 0 bridgehead atoms. The van der Waals surface area contributed by atoms with Gasteiger partial charge in [0.2, 0.25) is 17.7 Å². The van der Waals surface area contributed by atoms with Gasteiger partial charge in [0.25, 0.3) is 5.91 Å². The molecule has 2 unspecified atom stereocenters. The van der Waals surface area contributed by atoms with E-state index in [9.17, 15) is 19.2 Å². The van der Waals surface area contributed by atoms with Gasteiger partial charge in [-0.15, -0.1) is 0 Å². The first-order valence-electron chi connectivity index (χ1n) is 11.6. The number of likely N-dealkylation sites (tertiary alicyclic amines) is 1. The van der Waals surface area contributed by atoms with Crippen LogP contribution in [0, 0.1) is 23.7 Å². The third-order valence-electron chi connectivity index (χ3n) is 6.73. The Morgan fingerprint density at radius 3 is 2.30 bits per heavy atom. The zero-order valence-corrected chi connectivity index (χ0v) is 19.7. The van der Waals surface area contributed by atoms with Crippen LogP contribution >= 0.6 is 0 Å². The number of nitrogens with one attached hydrogen (secondary N) is 2. The van der Waals surface area contributed by atoms with Crippen molar-refractivity contribution in [3.8, 4) is 0 Å². The Morgan fingerprint density at radius 1 is 1.03 bits per heavy atom. The van der Waals surface area contributed by atoms with Gasteiger partial charge in [0.05, 0.1) is 6.20 Å². The van der Waals surface area contributed by atoms with E-state index in [4.69, 9.17) is 5.73 Å². The van der Waals surface area contributed by atoms with Crippen molar-refractivity contribution in [2.45, 2.75) is 65.1 Å². The number of nitrogens with two attached hydrogens (primary N) is 1. The van der Waals surface area contributed by atoms with Crippen molar-refractivity contribution in [2.24, 2.45) is 29.4 Å². The number of fused-ring (bicyclic) bond motifs is 1. The predicted molar refractivity (Wildman–Crippen MR) is 120 cm³/mol. The highest BCUT2D eigenvalue weighted by atomic mass is 16.2. The number of primary amides is 1. The van der Waals surface area contributed by atoms with Crippen molar-refractivity contribution in [1.82, 2.24) is 25.5 Å². The second-order valence-corrected chi connectivity index (χ2v) is 9.71. The summed E-state index contributed by atoms with van der Waals surface area (Å²) in [4.78, 5) is 60.8. The van der Waals surface area contributed by atoms with Gasteiger partial charge < -0.3 is 21.3 Å². The average Bonchev–Trinajstić information content (AvgIpc) is 3.36. The second kappa shape index (κ2) is 10.3. The first-order chi connectivity index (χ1) is 15.6. The molecule has 3 rings (SSSR count). The van der Waals surface area contributed by atoms with E-state index in [0.717, 1.165) is 19.3 Å². The molecule has 2 aliphatic rings. The van der Waals surface area contributed by atoms with Crippen molar-refractivity contribution in [3.05, 3.63) is 24.3 Å². The Morgan fingerprint density at radius 2 is 1.73 bits per heavy atom. The third kappa shape index (κ3) is 5.31. The van der Waals surface area contributed by atoms with Crippen LogP contribution in [-0.4, -0.2) is 63.2 Å². The molecular weight excluding hydrogens is 424 g/mol. The first-order valence-corrected chi connectivity index (χ1v) is 11.6. The molecule has 0 aromatic carbocycles. The van der Waals surface area contributed by atoms with Gasteiger partial charge in [0.15, 0.2) is 0 Å². The largest absolute Gasteiger partial charge is 0.368 e. The topological polar surface area (TPSA) is 147 Å². The summed E-state index contributed by atoms with van der Waals surface area (Å²) in [6.07, 6.45) is 7.05. The molecule has 180 valence electrons. The van der Waals surface area contributed by atoms with Crippen molar-refractivity contribution in [1.29, 1.82) is 0 Å². The number of rotatable bonds is 8. The van der Waals surface area contributed by atoms with Gasteiger partial charge in [0.1, 0.15) is 23.8 Å². The summed E-state index contributed by atoms with van der Waals surface area (Å²) in [6, 6.07) is -2.35. The summed E-state index contributed by atoms with van der Waals surface area (Å²) in [6.45, 7) is 7.76. The number of hydrogen-bond donors (Lipinski definition) is 3. The van der Waals surface area contributed by atoms with Crippen molar-refractivity contribution >= 4 is 23.6 Å². The zero-order chi connectivity index (χ0) is 24.3. The lowest BCUT2D eigenvalue weighted by Gasteiger charge is -2.32. The van der Waals surface area contributed by atoms with E-state index in [1.165, 1.54) is 18.6 Å². The molecule has 0 spiro atoms. The molecule has 2 fully saturated rings. The van der Waals surface area contributed by atoms with E-state index in [-0.39, 0.29) is 35.3 Å². The Bertz CT molecular complexity index is 890. The van der Waals surface area contributed by atoms with E-state index in [1.54, 1.807) is 18.7 Å². The molecule has 10 nitrogen and oxygen atoms in total. The molecule has 1 aromatic heterocycles. The number of hydrogen-bond acceptors (Lipinski definition) is 6. The van der Waals surface area contributed by atoms with E-state index in [1.807, 2.05) is 13.8 Å². The van der Waals surface area contributed by atoms with Gasteiger partial charge in [-0.25, -0.2) is 4.98 Å². The molecule has 1 aromatic rings. The monoisotopic (exact) mass is 458 g/mol. The lowest BCUT2D eigenvalue weighted by atomic mass is 9.93. The van der Waals surface area contributed by atoms with Crippen LogP contribution in [0.1, 0.15) is 57.4 Å². The Labute approximate surface area is 194 Å². The number of aromatic nitrogens is 2. The molecule has 1 saturated carbocycles. The molecule has 5 atom stereocenters. The molecule has 10 heteroatoms. The number of carbonyl (C=O) groups is 4. The molecule has 1 aliphatic carbocycles. The third-order valence-corrected chi connectivity index (χ3v) is 6.73. The van der Waals surface area contributed by atoms with Crippen molar-refractivity contribution in [2.75, 3.05) is 6.54 Å². The van der Waals surface area contributed by atoms with Gasteiger partial charge in [-0.2, -0.15) is 0 Å². The van der Waals surface area contributed by atoms with Gasteiger partial charge in [0, 0.05) is 18.9 Å². The van der Waals surface area contributed by atoms with Crippen LogP contribution in [0.4, 0.5) is 0 Å². The zero-order valence-electron chi connectivity index (χ0n) is 19.7. The normalized spacial score (nSPS) is 23.8. The summed E-state index contributed by atoms with van der Waals surface area (Å²) < 4.78 is 0. The molecule has 4 N–H and O–H groups in total. The molecular formula is C23H34N6O4. The number of nitrogens with zero attached hydrogens (tertiary/aromatic N) is 3. The smallest absolute Gasteiger partial charge is 0.272 e. The fourth-order valence-corrected chi connectivity index (χ4v) is 5.00. The van der Waals surface area contributed by atoms with Gasteiger partial charge >= 0.3 is 0 Å². The molecule has 2 heterocycles. The fourth-order valence-electron chi connectivity index (χ4n) is 5.00. The minimum atomic E-state index is -0.876. The van der Waals surface area contributed by atoms with Crippen LogP contribution in [0.2, 0.25) is 0 Å². The Hall–Kier alpha value is -3.04. The Kier molecular flexibility index (Phi) is 7.65. The molecule has 1 aliphatic heterocycles. The molecule has 0 radical (unpaired) electrons. The first kappa shape index (κ1) is 24.6. The summed E-state index contributed by atoms with van der Waals surface area (Å²) in [5, 5.41) is 5.52. The van der Waals surface area contributed by atoms with Gasteiger partial charge in [-0.05, 0) is 36.5 Å². The fraction of sp³-hybridized carbons (Fsp3) is 0.652. The van der Waals surface area contributed by atoms with E-state index in [2.05, 4.69) is 20.6 Å². The maximum absolute atomic E-state index is 13.5. The Balaban J connectivity index is 1.74.